The Labute approximate surface area is 173 Å². The highest BCUT2D eigenvalue weighted by atomic mass is 35.5. The number of hydrogen-bond donors (Lipinski definition) is 1. The standard InChI is InChI=1S/C21H22ClFO4S/c1-26-16-5-2-13(3-6-16)11-27-12-14-8-17(10-18(14)21(24)25)28-20-7-4-15(23)9-19(20)22/h2-7,9,14,17-18H,8,10-12H2,1H3,(H,24,25)/t14-,17-,18+/m0/s1. The molecule has 0 radical (unpaired) electrons. The van der Waals surface area contributed by atoms with Crippen LogP contribution in [-0.2, 0) is 16.1 Å². The molecule has 0 unspecified atom stereocenters. The van der Waals surface area contributed by atoms with E-state index in [4.69, 9.17) is 21.1 Å². The van der Waals surface area contributed by atoms with E-state index in [9.17, 15) is 14.3 Å². The van der Waals surface area contributed by atoms with Gasteiger partial charge in [0.25, 0.3) is 0 Å². The fraction of sp³-hybridized carbons (Fsp3) is 0.381. The van der Waals surface area contributed by atoms with Crippen LogP contribution in [0.1, 0.15) is 18.4 Å². The second-order valence-corrected chi connectivity index (χ2v) is 8.60. The number of methoxy groups -OCH3 is 1. The van der Waals surface area contributed by atoms with Crippen LogP contribution in [0.4, 0.5) is 4.39 Å². The first-order chi connectivity index (χ1) is 13.5. The highest BCUT2D eigenvalue weighted by molar-refractivity contribution is 8.00. The van der Waals surface area contributed by atoms with Crippen molar-refractivity contribution in [3.63, 3.8) is 0 Å². The van der Waals surface area contributed by atoms with Crippen molar-refractivity contribution in [3.05, 3.63) is 58.9 Å². The molecule has 150 valence electrons. The van der Waals surface area contributed by atoms with Gasteiger partial charge in [-0.3, -0.25) is 4.79 Å². The van der Waals surface area contributed by atoms with Crippen LogP contribution >= 0.6 is 23.4 Å². The van der Waals surface area contributed by atoms with Crippen molar-refractivity contribution < 1.29 is 23.8 Å². The third-order valence-electron chi connectivity index (χ3n) is 4.92. The topological polar surface area (TPSA) is 55.8 Å². The summed E-state index contributed by atoms with van der Waals surface area (Å²) in [5.74, 6) is -0.912. The van der Waals surface area contributed by atoms with Gasteiger partial charge in [0, 0.05) is 10.1 Å². The Morgan fingerprint density at radius 2 is 2.00 bits per heavy atom. The zero-order valence-electron chi connectivity index (χ0n) is 15.4. The fourth-order valence-electron chi connectivity index (χ4n) is 3.46. The maximum absolute atomic E-state index is 13.2. The van der Waals surface area contributed by atoms with Crippen molar-refractivity contribution in [2.45, 2.75) is 29.6 Å². The molecule has 0 heterocycles. The summed E-state index contributed by atoms with van der Waals surface area (Å²) < 4.78 is 24.2. The van der Waals surface area contributed by atoms with E-state index >= 15 is 0 Å². The number of aliphatic carboxylic acids is 1. The first-order valence-electron chi connectivity index (χ1n) is 9.01. The number of carboxylic acids is 1. The number of thioether (sulfide) groups is 1. The van der Waals surface area contributed by atoms with E-state index in [0.29, 0.717) is 24.7 Å². The predicted molar refractivity (Wildman–Crippen MR) is 108 cm³/mol. The summed E-state index contributed by atoms with van der Waals surface area (Å²) >= 11 is 7.62. The average Bonchev–Trinajstić information content (AvgIpc) is 3.08. The van der Waals surface area contributed by atoms with Crippen molar-refractivity contribution >= 4 is 29.3 Å². The number of halogens is 2. The molecule has 2 aromatic rings. The van der Waals surface area contributed by atoms with Gasteiger partial charge in [-0.1, -0.05) is 23.7 Å². The van der Waals surface area contributed by atoms with Crippen LogP contribution in [0.25, 0.3) is 0 Å². The maximum Gasteiger partial charge on any atom is 0.306 e. The van der Waals surface area contributed by atoms with Crippen molar-refractivity contribution in [3.8, 4) is 5.75 Å². The lowest BCUT2D eigenvalue weighted by molar-refractivity contribution is -0.143. The van der Waals surface area contributed by atoms with Gasteiger partial charge >= 0.3 is 5.97 Å². The Balaban J connectivity index is 1.56. The molecule has 0 saturated heterocycles. The van der Waals surface area contributed by atoms with Gasteiger partial charge < -0.3 is 14.6 Å². The van der Waals surface area contributed by atoms with Crippen LogP contribution in [0.15, 0.2) is 47.4 Å². The van der Waals surface area contributed by atoms with E-state index in [1.54, 1.807) is 13.2 Å². The van der Waals surface area contributed by atoms with Gasteiger partial charge in [-0.05, 0) is 54.7 Å². The van der Waals surface area contributed by atoms with Crippen LogP contribution in [0.5, 0.6) is 5.75 Å². The van der Waals surface area contributed by atoms with Crippen LogP contribution in [0.3, 0.4) is 0 Å². The molecule has 1 N–H and O–H groups in total. The van der Waals surface area contributed by atoms with Gasteiger partial charge in [0.1, 0.15) is 11.6 Å². The minimum absolute atomic E-state index is 0.0625. The first kappa shape index (κ1) is 21.0. The summed E-state index contributed by atoms with van der Waals surface area (Å²) in [6.45, 7) is 0.811. The third kappa shape index (κ3) is 5.40. The number of carboxylic acid groups (broad SMARTS) is 1. The molecule has 0 spiro atoms. The molecule has 3 atom stereocenters. The van der Waals surface area contributed by atoms with Crippen LogP contribution in [0.2, 0.25) is 5.02 Å². The minimum Gasteiger partial charge on any atom is -0.497 e. The summed E-state index contributed by atoms with van der Waals surface area (Å²) in [6, 6.07) is 11.9. The lowest BCUT2D eigenvalue weighted by Crippen LogP contribution is -2.22. The number of ether oxygens (including phenoxy) is 2. The summed E-state index contributed by atoms with van der Waals surface area (Å²) in [5, 5.41) is 10.0. The van der Waals surface area contributed by atoms with Crippen molar-refractivity contribution in [2.75, 3.05) is 13.7 Å². The second-order valence-electron chi connectivity index (χ2n) is 6.85. The van der Waals surface area contributed by atoms with Crippen molar-refractivity contribution in [1.82, 2.24) is 0 Å². The SMILES string of the molecule is COc1ccc(COC[C@@H]2C[C@H](Sc3ccc(F)cc3Cl)C[C@H]2C(=O)O)cc1. The summed E-state index contributed by atoms with van der Waals surface area (Å²) in [6.07, 6.45) is 1.27. The van der Waals surface area contributed by atoms with Crippen molar-refractivity contribution in [2.24, 2.45) is 11.8 Å². The Morgan fingerprint density at radius 3 is 2.64 bits per heavy atom. The van der Waals surface area contributed by atoms with Crippen LogP contribution in [-0.4, -0.2) is 30.0 Å². The van der Waals surface area contributed by atoms with Gasteiger partial charge in [0.05, 0.1) is 31.3 Å². The van der Waals surface area contributed by atoms with Gasteiger partial charge in [-0.25, -0.2) is 4.39 Å². The third-order valence-corrected chi connectivity index (χ3v) is 6.67. The van der Waals surface area contributed by atoms with Crippen molar-refractivity contribution in [1.29, 1.82) is 0 Å². The quantitative estimate of drug-likeness (QED) is 0.625. The van der Waals surface area contributed by atoms with E-state index in [1.165, 1.54) is 23.9 Å². The molecule has 0 aromatic heterocycles. The molecule has 0 bridgehead atoms. The molecule has 0 amide bonds. The molecule has 3 rings (SSSR count). The Kier molecular flexibility index (Phi) is 7.21. The molecular weight excluding hydrogens is 403 g/mol. The zero-order chi connectivity index (χ0) is 20.1. The number of rotatable bonds is 8. The maximum atomic E-state index is 13.2. The van der Waals surface area contributed by atoms with E-state index in [-0.39, 0.29) is 17.0 Å². The van der Waals surface area contributed by atoms with Gasteiger partial charge in [0.2, 0.25) is 0 Å². The molecule has 4 nitrogen and oxygen atoms in total. The molecule has 1 saturated carbocycles. The van der Waals surface area contributed by atoms with E-state index in [2.05, 4.69) is 0 Å². The Morgan fingerprint density at radius 1 is 1.25 bits per heavy atom. The largest absolute Gasteiger partial charge is 0.497 e. The van der Waals surface area contributed by atoms with Gasteiger partial charge in [-0.15, -0.1) is 11.8 Å². The highest BCUT2D eigenvalue weighted by Crippen LogP contribution is 2.43. The van der Waals surface area contributed by atoms with Gasteiger partial charge in [0.15, 0.2) is 0 Å². The lowest BCUT2D eigenvalue weighted by Gasteiger charge is -2.15. The number of carbonyl (C=O) groups is 1. The van der Waals surface area contributed by atoms with E-state index in [0.717, 1.165) is 22.6 Å². The number of hydrogen-bond acceptors (Lipinski definition) is 4. The second kappa shape index (κ2) is 9.63. The fourth-order valence-corrected chi connectivity index (χ4v) is 5.08. The molecule has 2 aromatic carbocycles. The van der Waals surface area contributed by atoms with E-state index < -0.39 is 11.9 Å². The normalized spacial score (nSPS) is 21.6. The minimum atomic E-state index is -0.800. The van der Waals surface area contributed by atoms with Crippen LogP contribution in [0, 0.1) is 17.7 Å². The Bertz CT molecular complexity index is 815. The summed E-state index contributed by atoms with van der Waals surface area (Å²) in [5.41, 5.74) is 1.01. The van der Waals surface area contributed by atoms with Gasteiger partial charge in [-0.2, -0.15) is 0 Å². The van der Waals surface area contributed by atoms with E-state index in [1.807, 2.05) is 24.3 Å². The molecule has 1 aliphatic rings. The monoisotopic (exact) mass is 424 g/mol. The number of benzene rings is 2. The molecule has 28 heavy (non-hydrogen) atoms. The Hall–Kier alpha value is -1.76. The summed E-state index contributed by atoms with van der Waals surface area (Å²) in [7, 11) is 1.62. The molecule has 7 heteroatoms. The zero-order valence-corrected chi connectivity index (χ0v) is 17.0. The smallest absolute Gasteiger partial charge is 0.306 e. The molecular formula is C21H22ClFO4S. The molecule has 1 aliphatic carbocycles. The highest BCUT2D eigenvalue weighted by Gasteiger charge is 2.39. The first-order valence-corrected chi connectivity index (χ1v) is 10.3. The molecule has 1 fully saturated rings. The lowest BCUT2D eigenvalue weighted by atomic mass is 9.97. The average molecular weight is 425 g/mol. The summed E-state index contributed by atoms with van der Waals surface area (Å²) in [4.78, 5) is 12.4. The predicted octanol–water partition coefficient (Wildman–Crippen LogP) is 5.28. The van der Waals surface area contributed by atoms with Crippen LogP contribution < -0.4 is 4.74 Å². The molecule has 0 aliphatic heterocycles.